The molecule has 0 fully saturated rings. The number of hydrogen-bond donors (Lipinski definition) is 0. The number of ether oxygens (including phenoxy) is 4. The average Bonchev–Trinajstić information content (AvgIpc) is 2.66. The first-order chi connectivity index (χ1) is 12.2. The number of benzene rings is 2. The van der Waals surface area contributed by atoms with Gasteiger partial charge in [0.1, 0.15) is 0 Å². The Bertz CT molecular complexity index is 745. The van der Waals surface area contributed by atoms with Gasteiger partial charge in [0.25, 0.3) is 0 Å². The molecule has 0 spiro atoms. The highest BCUT2D eigenvalue weighted by Gasteiger charge is 2.21. The van der Waals surface area contributed by atoms with Gasteiger partial charge in [0.2, 0.25) is 0 Å². The summed E-state index contributed by atoms with van der Waals surface area (Å²) in [6, 6.07) is 10.2. The van der Waals surface area contributed by atoms with Crippen molar-refractivity contribution < 1.29 is 18.9 Å². The van der Waals surface area contributed by atoms with Gasteiger partial charge in [-0.05, 0) is 42.2 Å². The fourth-order valence-corrected chi connectivity index (χ4v) is 3.35. The van der Waals surface area contributed by atoms with Gasteiger partial charge in [0, 0.05) is 24.8 Å². The van der Waals surface area contributed by atoms with E-state index in [1.165, 1.54) is 16.8 Å². The van der Waals surface area contributed by atoms with Crippen molar-refractivity contribution >= 4 is 5.69 Å². The lowest BCUT2D eigenvalue weighted by atomic mass is 10.00. The quantitative estimate of drug-likeness (QED) is 0.800. The SMILES string of the molecule is COc1ccc(CN2CCCc3cc(OC)c(OC)cc32)cc1OC. The summed E-state index contributed by atoms with van der Waals surface area (Å²) in [7, 11) is 6.66. The molecule has 0 saturated heterocycles. The molecule has 2 aromatic rings. The van der Waals surface area contributed by atoms with Crippen molar-refractivity contribution in [3.8, 4) is 23.0 Å². The smallest absolute Gasteiger partial charge is 0.162 e. The summed E-state index contributed by atoms with van der Waals surface area (Å²) >= 11 is 0. The predicted octanol–water partition coefficient (Wildman–Crippen LogP) is 3.67. The summed E-state index contributed by atoms with van der Waals surface area (Å²) in [4.78, 5) is 2.38. The molecule has 3 rings (SSSR count). The van der Waals surface area contributed by atoms with Crippen molar-refractivity contribution in [3.05, 3.63) is 41.5 Å². The van der Waals surface area contributed by atoms with E-state index in [9.17, 15) is 0 Å². The first-order valence-electron chi connectivity index (χ1n) is 8.41. The number of rotatable bonds is 6. The lowest BCUT2D eigenvalue weighted by Crippen LogP contribution is -2.28. The van der Waals surface area contributed by atoms with Crippen LogP contribution in [0.25, 0.3) is 0 Å². The number of methoxy groups -OCH3 is 4. The Morgan fingerprint density at radius 1 is 0.800 bits per heavy atom. The molecule has 0 atom stereocenters. The van der Waals surface area contributed by atoms with Crippen molar-refractivity contribution in [2.75, 3.05) is 39.9 Å². The Hall–Kier alpha value is -2.56. The molecular weight excluding hydrogens is 318 g/mol. The lowest BCUT2D eigenvalue weighted by molar-refractivity contribution is 0.354. The fraction of sp³-hybridized carbons (Fsp3) is 0.400. The van der Waals surface area contributed by atoms with Crippen LogP contribution in [0.3, 0.4) is 0 Å². The zero-order valence-corrected chi connectivity index (χ0v) is 15.3. The summed E-state index contributed by atoms with van der Waals surface area (Å²) in [5, 5.41) is 0. The summed E-state index contributed by atoms with van der Waals surface area (Å²) in [5.41, 5.74) is 3.68. The molecular formula is C20H25NO4. The van der Waals surface area contributed by atoms with Crippen LogP contribution in [0.4, 0.5) is 5.69 Å². The molecule has 5 heteroatoms. The topological polar surface area (TPSA) is 40.2 Å². The fourth-order valence-electron chi connectivity index (χ4n) is 3.35. The van der Waals surface area contributed by atoms with Crippen LogP contribution in [0.15, 0.2) is 30.3 Å². The maximum atomic E-state index is 5.48. The molecule has 1 aliphatic heterocycles. The van der Waals surface area contributed by atoms with Gasteiger partial charge >= 0.3 is 0 Å². The molecule has 0 saturated carbocycles. The van der Waals surface area contributed by atoms with E-state index in [0.29, 0.717) is 0 Å². The maximum Gasteiger partial charge on any atom is 0.162 e. The van der Waals surface area contributed by atoms with Gasteiger partial charge < -0.3 is 23.8 Å². The molecule has 0 radical (unpaired) electrons. The minimum atomic E-state index is 0.747. The minimum absolute atomic E-state index is 0.747. The van der Waals surface area contributed by atoms with Crippen LogP contribution in [0, 0.1) is 0 Å². The van der Waals surface area contributed by atoms with E-state index < -0.39 is 0 Å². The maximum absolute atomic E-state index is 5.48. The summed E-state index contributed by atoms with van der Waals surface area (Å²) in [5.74, 6) is 3.05. The highest BCUT2D eigenvalue weighted by molar-refractivity contribution is 5.63. The van der Waals surface area contributed by atoms with Gasteiger partial charge in [-0.1, -0.05) is 6.07 Å². The monoisotopic (exact) mass is 343 g/mol. The minimum Gasteiger partial charge on any atom is -0.493 e. The van der Waals surface area contributed by atoms with Crippen molar-refractivity contribution in [1.82, 2.24) is 0 Å². The van der Waals surface area contributed by atoms with Crippen LogP contribution in [-0.2, 0) is 13.0 Å². The van der Waals surface area contributed by atoms with Gasteiger partial charge in [0.15, 0.2) is 23.0 Å². The van der Waals surface area contributed by atoms with Crippen LogP contribution in [0.5, 0.6) is 23.0 Å². The van der Waals surface area contributed by atoms with Crippen molar-refractivity contribution in [2.45, 2.75) is 19.4 Å². The number of anilines is 1. The third kappa shape index (κ3) is 3.45. The zero-order chi connectivity index (χ0) is 17.8. The second kappa shape index (κ2) is 7.55. The van der Waals surface area contributed by atoms with Crippen LogP contribution in [0.2, 0.25) is 0 Å². The summed E-state index contributed by atoms with van der Waals surface area (Å²) in [6.45, 7) is 1.82. The molecule has 0 amide bonds. The van der Waals surface area contributed by atoms with E-state index in [2.05, 4.69) is 23.1 Å². The van der Waals surface area contributed by atoms with E-state index in [1.54, 1.807) is 28.4 Å². The molecule has 0 N–H and O–H groups in total. The number of aryl methyl sites for hydroxylation is 1. The third-order valence-electron chi connectivity index (χ3n) is 4.62. The Balaban J connectivity index is 1.90. The second-order valence-electron chi connectivity index (χ2n) is 6.05. The summed E-state index contributed by atoms with van der Waals surface area (Å²) < 4.78 is 21.7. The van der Waals surface area contributed by atoms with E-state index in [1.807, 2.05) is 12.1 Å². The Labute approximate surface area is 149 Å². The van der Waals surface area contributed by atoms with Crippen molar-refractivity contribution in [2.24, 2.45) is 0 Å². The number of fused-ring (bicyclic) bond motifs is 1. The molecule has 1 heterocycles. The van der Waals surface area contributed by atoms with Crippen LogP contribution >= 0.6 is 0 Å². The van der Waals surface area contributed by atoms with Crippen LogP contribution in [-0.4, -0.2) is 35.0 Å². The highest BCUT2D eigenvalue weighted by atomic mass is 16.5. The normalized spacial score (nSPS) is 13.2. The molecule has 5 nitrogen and oxygen atoms in total. The van der Waals surface area contributed by atoms with Gasteiger partial charge in [-0.25, -0.2) is 0 Å². The molecule has 1 aliphatic rings. The molecule has 0 unspecified atom stereocenters. The third-order valence-corrected chi connectivity index (χ3v) is 4.62. The zero-order valence-electron chi connectivity index (χ0n) is 15.3. The van der Waals surface area contributed by atoms with E-state index in [0.717, 1.165) is 48.9 Å². The number of hydrogen-bond acceptors (Lipinski definition) is 5. The Morgan fingerprint density at radius 2 is 1.44 bits per heavy atom. The van der Waals surface area contributed by atoms with Gasteiger partial charge in [0.05, 0.1) is 28.4 Å². The first kappa shape index (κ1) is 17.3. The average molecular weight is 343 g/mol. The predicted molar refractivity (Wildman–Crippen MR) is 98.5 cm³/mol. The van der Waals surface area contributed by atoms with Gasteiger partial charge in [-0.3, -0.25) is 0 Å². The second-order valence-corrected chi connectivity index (χ2v) is 6.05. The largest absolute Gasteiger partial charge is 0.493 e. The first-order valence-corrected chi connectivity index (χ1v) is 8.41. The van der Waals surface area contributed by atoms with E-state index in [4.69, 9.17) is 18.9 Å². The summed E-state index contributed by atoms with van der Waals surface area (Å²) in [6.07, 6.45) is 2.17. The van der Waals surface area contributed by atoms with Crippen LogP contribution in [0.1, 0.15) is 17.5 Å². The molecule has 0 aliphatic carbocycles. The molecule has 0 bridgehead atoms. The molecule has 2 aromatic carbocycles. The molecule has 25 heavy (non-hydrogen) atoms. The van der Waals surface area contributed by atoms with Gasteiger partial charge in [-0.2, -0.15) is 0 Å². The van der Waals surface area contributed by atoms with Crippen molar-refractivity contribution in [1.29, 1.82) is 0 Å². The Morgan fingerprint density at radius 3 is 2.12 bits per heavy atom. The highest BCUT2D eigenvalue weighted by Crippen LogP contribution is 2.39. The van der Waals surface area contributed by atoms with E-state index >= 15 is 0 Å². The van der Waals surface area contributed by atoms with E-state index in [-0.39, 0.29) is 0 Å². The number of nitrogens with zero attached hydrogens (tertiary/aromatic N) is 1. The van der Waals surface area contributed by atoms with Crippen molar-refractivity contribution in [3.63, 3.8) is 0 Å². The Kier molecular flexibility index (Phi) is 5.22. The van der Waals surface area contributed by atoms with Gasteiger partial charge in [-0.15, -0.1) is 0 Å². The molecule has 134 valence electrons. The standard InChI is InChI=1S/C20H25NO4/c1-22-17-8-7-14(10-18(17)23-2)13-21-9-5-6-15-11-19(24-3)20(25-4)12-16(15)21/h7-8,10-12H,5-6,9,13H2,1-4H3. The molecule has 0 aromatic heterocycles. The van der Waals surface area contributed by atoms with Crippen LogP contribution < -0.4 is 23.8 Å². The lowest BCUT2D eigenvalue weighted by Gasteiger charge is -2.32.